The van der Waals surface area contributed by atoms with Crippen molar-refractivity contribution in [3.8, 4) is 5.69 Å². The number of nitrogens with zero attached hydrogens (tertiary/aromatic N) is 2. The quantitative estimate of drug-likeness (QED) is 0.436. The van der Waals surface area contributed by atoms with Gasteiger partial charge < -0.3 is 10.6 Å². The number of carbonyl (C=O) groups excluding carboxylic acids is 2. The van der Waals surface area contributed by atoms with Gasteiger partial charge in [-0.1, -0.05) is 41.3 Å². The van der Waals surface area contributed by atoms with Crippen LogP contribution in [0.15, 0.2) is 58.9 Å². The summed E-state index contributed by atoms with van der Waals surface area (Å²) in [6.45, 7) is 3.27. The smallest absolute Gasteiger partial charge is 0.237 e. The van der Waals surface area contributed by atoms with Crippen molar-refractivity contribution in [1.29, 1.82) is 0 Å². The molecule has 0 aliphatic heterocycles. The number of anilines is 2. The second-order valence-electron chi connectivity index (χ2n) is 5.89. The molecule has 28 heavy (non-hydrogen) atoms. The van der Waals surface area contributed by atoms with Crippen LogP contribution in [0.1, 0.15) is 13.8 Å². The molecule has 1 unspecified atom stereocenters. The van der Waals surface area contributed by atoms with Crippen molar-refractivity contribution in [3.63, 3.8) is 0 Å². The van der Waals surface area contributed by atoms with Crippen LogP contribution >= 0.6 is 35.3 Å². The maximum atomic E-state index is 12.5. The molecule has 0 saturated carbocycles. The van der Waals surface area contributed by atoms with Crippen molar-refractivity contribution in [2.75, 3.05) is 10.6 Å². The Hall–Kier alpha value is -2.49. The van der Waals surface area contributed by atoms with Crippen molar-refractivity contribution in [2.45, 2.75) is 23.4 Å². The van der Waals surface area contributed by atoms with E-state index in [1.807, 2.05) is 37.3 Å². The zero-order valence-corrected chi connectivity index (χ0v) is 17.7. The first-order valence-corrected chi connectivity index (χ1v) is 10.5. The Morgan fingerprint density at radius 1 is 1.07 bits per heavy atom. The fourth-order valence-electron chi connectivity index (χ4n) is 2.33. The highest BCUT2D eigenvalue weighted by Gasteiger charge is 2.17. The lowest BCUT2D eigenvalue weighted by Crippen LogP contribution is -2.22. The molecule has 144 valence electrons. The number of nitrogens with one attached hydrogen (secondary N) is 2. The number of hydrogen-bond acceptors (Lipinski definition) is 6. The number of amides is 2. The average molecular weight is 431 g/mol. The minimum absolute atomic E-state index is 0.135. The average Bonchev–Trinajstić information content (AvgIpc) is 3.03. The molecule has 0 fully saturated rings. The lowest BCUT2D eigenvalue weighted by molar-refractivity contribution is -0.115. The number of benzene rings is 2. The lowest BCUT2D eigenvalue weighted by Gasteiger charge is -2.11. The molecule has 0 aliphatic rings. The van der Waals surface area contributed by atoms with E-state index in [2.05, 4.69) is 15.7 Å². The maximum absolute atomic E-state index is 12.5. The first kappa shape index (κ1) is 20.2. The molecule has 0 radical (unpaired) electrons. The van der Waals surface area contributed by atoms with E-state index in [0.29, 0.717) is 15.3 Å². The van der Waals surface area contributed by atoms with Crippen LogP contribution in [0.25, 0.3) is 5.69 Å². The van der Waals surface area contributed by atoms with Crippen LogP contribution in [-0.2, 0) is 9.59 Å². The van der Waals surface area contributed by atoms with Gasteiger partial charge in [-0.15, -0.1) is 5.10 Å². The van der Waals surface area contributed by atoms with Crippen molar-refractivity contribution >= 4 is 58.5 Å². The fraction of sp³-hybridized carbons (Fsp3) is 0.158. The zero-order chi connectivity index (χ0) is 20.1. The van der Waals surface area contributed by atoms with Gasteiger partial charge in [0.25, 0.3) is 0 Å². The molecule has 1 aromatic heterocycles. The molecule has 2 aromatic carbocycles. The molecular weight excluding hydrogens is 412 g/mol. The summed E-state index contributed by atoms with van der Waals surface area (Å²) in [7, 11) is 0. The number of para-hydroxylation sites is 1. The summed E-state index contributed by atoms with van der Waals surface area (Å²) in [5.74, 6) is -0.274. The van der Waals surface area contributed by atoms with Gasteiger partial charge in [-0.2, -0.15) is 0 Å². The molecule has 9 heteroatoms. The SMILES string of the molecule is CC(=O)Nc1ccc(NC(=O)C(C)Sc2nn(-c3ccccc3)c(=S)s2)cc1. The molecule has 0 saturated heterocycles. The molecule has 0 aliphatic carbocycles. The maximum Gasteiger partial charge on any atom is 0.237 e. The van der Waals surface area contributed by atoms with E-state index in [0.717, 1.165) is 10.0 Å². The van der Waals surface area contributed by atoms with Crippen molar-refractivity contribution < 1.29 is 9.59 Å². The van der Waals surface area contributed by atoms with Crippen molar-refractivity contribution in [2.24, 2.45) is 0 Å². The molecule has 0 bridgehead atoms. The zero-order valence-electron chi connectivity index (χ0n) is 15.2. The van der Waals surface area contributed by atoms with Gasteiger partial charge >= 0.3 is 0 Å². The van der Waals surface area contributed by atoms with E-state index in [9.17, 15) is 9.59 Å². The highest BCUT2D eigenvalue weighted by atomic mass is 32.2. The Morgan fingerprint density at radius 2 is 1.68 bits per heavy atom. The minimum atomic E-state index is -0.347. The Kier molecular flexibility index (Phi) is 6.61. The predicted molar refractivity (Wildman–Crippen MR) is 117 cm³/mol. The third-order valence-corrected chi connectivity index (χ3v) is 6.07. The molecule has 2 amide bonds. The van der Waals surface area contributed by atoms with Gasteiger partial charge in [0.05, 0.1) is 10.9 Å². The Morgan fingerprint density at radius 3 is 2.29 bits per heavy atom. The molecule has 6 nitrogen and oxygen atoms in total. The van der Waals surface area contributed by atoms with Crippen LogP contribution in [0.2, 0.25) is 0 Å². The second kappa shape index (κ2) is 9.13. The first-order valence-electron chi connectivity index (χ1n) is 8.43. The Balaban J connectivity index is 1.63. The summed E-state index contributed by atoms with van der Waals surface area (Å²) in [5.41, 5.74) is 2.24. The largest absolute Gasteiger partial charge is 0.326 e. The van der Waals surface area contributed by atoms with E-state index in [1.54, 1.807) is 28.9 Å². The summed E-state index contributed by atoms with van der Waals surface area (Å²) in [6, 6.07) is 16.6. The normalized spacial score (nSPS) is 11.6. The summed E-state index contributed by atoms with van der Waals surface area (Å²) < 4.78 is 3.07. The number of hydrogen-bond donors (Lipinski definition) is 2. The van der Waals surface area contributed by atoms with E-state index in [-0.39, 0.29) is 17.1 Å². The predicted octanol–water partition coefficient (Wildman–Crippen LogP) is 4.74. The minimum Gasteiger partial charge on any atom is -0.326 e. The van der Waals surface area contributed by atoms with Crippen LogP contribution in [0.5, 0.6) is 0 Å². The molecule has 3 aromatic rings. The fourth-order valence-corrected chi connectivity index (χ4v) is 4.83. The summed E-state index contributed by atoms with van der Waals surface area (Å²) >= 11 is 8.14. The van der Waals surface area contributed by atoms with E-state index < -0.39 is 0 Å². The van der Waals surface area contributed by atoms with Crippen LogP contribution < -0.4 is 10.6 Å². The molecule has 3 rings (SSSR count). The number of aromatic nitrogens is 2. The first-order chi connectivity index (χ1) is 13.4. The van der Waals surface area contributed by atoms with E-state index in [1.165, 1.54) is 30.0 Å². The van der Waals surface area contributed by atoms with E-state index >= 15 is 0 Å². The van der Waals surface area contributed by atoms with Gasteiger partial charge in [0.15, 0.2) is 8.29 Å². The molecule has 2 N–H and O–H groups in total. The second-order valence-corrected chi connectivity index (χ2v) is 9.10. The summed E-state index contributed by atoms with van der Waals surface area (Å²) in [5, 5.41) is 9.73. The lowest BCUT2D eigenvalue weighted by atomic mass is 10.2. The van der Waals surface area contributed by atoms with Gasteiger partial charge in [0, 0.05) is 18.3 Å². The Bertz CT molecular complexity index is 1030. The third-order valence-electron chi connectivity index (χ3n) is 3.65. The van der Waals surface area contributed by atoms with Gasteiger partial charge in [-0.3, -0.25) is 9.59 Å². The van der Waals surface area contributed by atoms with Crippen LogP contribution in [0, 0.1) is 3.95 Å². The molecule has 0 spiro atoms. The highest BCUT2D eigenvalue weighted by molar-refractivity contribution is 8.02. The third kappa shape index (κ3) is 5.28. The number of rotatable bonds is 6. The molecule has 1 atom stereocenters. The molecule has 1 heterocycles. The summed E-state index contributed by atoms with van der Waals surface area (Å²) in [6.07, 6.45) is 0. The van der Waals surface area contributed by atoms with Gasteiger partial charge in [0.2, 0.25) is 11.8 Å². The summed E-state index contributed by atoms with van der Waals surface area (Å²) in [4.78, 5) is 23.5. The highest BCUT2D eigenvalue weighted by Crippen LogP contribution is 2.28. The van der Waals surface area contributed by atoms with Crippen molar-refractivity contribution in [1.82, 2.24) is 9.78 Å². The van der Waals surface area contributed by atoms with Gasteiger partial charge in [0.1, 0.15) is 0 Å². The van der Waals surface area contributed by atoms with Crippen LogP contribution in [-0.4, -0.2) is 26.8 Å². The molecular formula is C19H18N4O2S3. The topological polar surface area (TPSA) is 76.0 Å². The van der Waals surface area contributed by atoms with Gasteiger partial charge in [-0.25, -0.2) is 4.68 Å². The standard InChI is InChI=1S/C19H18N4O2S3/c1-12(17(25)21-15-10-8-14(9-11-15)20-13(2)24)27-18-22-23(19(26)28-18)16-6-4-3-5-7-16/h3-12H,1-2H3,(H,20,24)(H,21,25). The Labute approximate surface area is 176 Å². The van der Waals surface area contributed by atoms with Crippen molar-refractivity contribution in [3.05, 3.63) is 58.6 Å². The number of thioether (sulfide) groups is 1. The van der Waals surface area contributed by atoms with Gasteiger partial charge in [-0.05, 0) is 55.5 Å². The van der Waals surface area contributed by atoms with E-state index in [4.69, 9.17) is 12.2 Å². The van der Waals surface area contributed by atoms with Crippen LogP contribution in [0.3, 0.4) is 0 Å². The van der Waals surface area contributed by atoms with Crippen LogP contribution in [0.4, 0.5) is 11.4 Å². The monoisotopic (exact) mass is 430 g/mol. The number of carbonyl (C=O) groups is 2.